The van der Waals surface area contributed by atoms with Crippen LogP contribution in [0.4, 0.5) is 0 Å². The van der Waals surface area contributed by atoms with Crippen molar-refractivity contribution in [1.29, 1.82) is 0 Å². The number of rotatable bonds is 7. The Labute approximate surface area is 106 Å². The molecule has 0 atom stereocenters. The van der Waals surface area contributed by atoms with Crippen LogP contribution >= 0.6 is 11.3 Å². The van der Waals surface area contributed by atoms with Gasteiger partial charge in [-0.3, -0.25) is 0 Å². The average molecular weight is 275 g/mol. The molecule has 17 heavy (non-hydrogen) atoms. The average Bonchev–Trinajstić information content (AvgIpc) is 2.75. The molecule has 0 fully saturated rings. The van der Waals surface area contributed by atoms with E-state index in [0.717, 1.165) is 4.88 Å². The first-order chi connectivity index (χ1) is 8.06. The highest BCUT2D eigenvalue weighted by atomic mass is 32.2. The van der Waals surface area contributed by atoms with E-state index in [0.29, 0.717) is 23.7 Å². The van der Waals surface area contributed by atoms with Crippen LogP contribution in [-0.2, 0) is 16.4 Å². The Morgan fingerprint density at radius 3 is 2.76 bits per heavy atom. The number of thiophene rings is 1. The van der Waals surface area contributed by atoms with Gasteiger partial charge in [-0.2, -0.15) is 4.31 Å². The maximum atomic E-state index is 12.2. The van der Waals surface area contributed by atoms with E-state index in [4.69, 9.17) is 5.11 Å². The second-order valence-electron chi connectivity index (χ2n) is 3.44. The van der Waals surface area contributed by atoms with Gasteiger partial charge in [-0.15, -0.1) is 17.9 Å². The topological polar surface area (TPSA) is 57.6 Å². The summed E-state index contributed by atoms with van der Waals surface area (Å²) in [6.45, 7) is 6.11. The predicted octanol–water partition coefficient (Wildman–Crippen LogP) is 1.48. The van der Waals surface area contributed by atoms with Crippen molar-refractivity contribution in [2.75, 3.05) is 19.7 Å². The molecule has 1 aromatic rings. The molecule has 6 heteroatoms. The minimum absolute atomic E-state index is 0.0319. The zero-order valence-electron chi connectivity index (χ0n) is 9.80. The highest BCUT2D eigenvalue weighted by Crippen LogP contribution is 2.25. The Morgan fingerprint density at radius 2 is 2.24 bits per heavy atom. The Balaban J connectivity index is 2.98. The molecule has 1 heterocycles. The molecule has 0 aliphatic heterocycles. The van der Waals surface area contributed by atoms with E-state index in [2.05, 4.69) is 6.58 Å². The van der Waals surface area contributed by atoms with Crippen LogP contribution in [0.5, 0.6) is 0 Å². The molecule has 1 rings (SSSR count). The van der Waals surface area contributed by atoms with Crippen molar-refractivity contribution in [1.82, 2.24) is 4.31 Å². The van der Waals surface area contributed by atoms with Gasteiger partial charge in [0.15, 0.2) is 0 Å². The van der Waals surface area contributed by atoms with Gasteiger partial charge in [0.1, 0.15) is 4.21 Å². The summed E-state index contributed by atoms with van der Waals surface area (Å²) in [5, 5.41) is 8.80. The lowest BCUT2D eigenvalue weighted by Gasteiger charge is -2.17. The van der Waals surface area contributed by atoms with Crippen molar-refractivity contribution in [3.8, 4) is 0 Å². The van der Waals surface area contributed by atoms with Crippen LogP contribution in [0, 0.1) is 0 Å². The minimum Gasteiger partial charge on any atom is -0.396 e. The molecule has 0 radical (unpaired) electrons. The summed E-state index contributed by atoms with van der Waals surface area (Å²) in [4.78, 5) is 0.876. The summed E-state index contributed by atoms with van der Waals surface area (Å²) in [5.41, 5.74) is 0. The van der Waals surface area contributed by atoms with Crippen molar-refractivity contribution in [3.63, 3.8) is 0 Å². The second-order valence-corrected chi connectivity index (χ2v) is 6.77. The summed E-state index contributed by atoms with van der Waals surface area (Å²) >= 11 is 1.21. The van der Waals surface area contributed by atoms with Crippen LogP contribution in [0.15, 0.2) is 29.0 Å². The fourth-order valence-corrected chi connectivity index (χ4v) is 4.33. The highest BCUT2D eigenvalue weighted by molar-refractivity contribution is 7.91. The Hall–Kier alpha value is -0.690. The zero-order valence-corrected chi connectivity index (χ0v) is 11.4. The molecular weight excluding hydrogens is 258 g/mol. The van der Waals surface area contributed by atoms with E-state index in [9.17, 15) is 8.42 Å². The minimum atomic E-state index is -3.41. The first kappa shape index (κ1) is 14.4. The van der Waals surface area contributed by atoms with Crippen molar-refractivity contribution in [3.05, 3.63) is 29.7 Å². The molecule has 0 saturated heterocycles. The van der Waals surface area contributed by atoms with Gasteiger partial charge in [0.25, 0.3) is 10.0 Å². The molecule has 0 aliphatic rings. The molecule has 96 valence electrons. The molecule has 0 saturated carbocycles. The molecule has 4 nitrogen and oxygen atoms in total. The number of likely N-dealkylation sites (N-methyl/N-ethyl adjacent to an activating group) is 1. The summed E-state index contributed by atoms with van der Waals surface area (Å²) in [6, 6.07) is 3.34. The standard InChI is InChI=1S/C11H17NO3S2/c1-3-8-12(4-2)17(14,15)11-6-5-10(16-11)7-9-13/h3,5-6,13H,1,4,7-9H2,2H3. The molecule has 0 bridgehead atoms. The van der Waals surface area contributed by atoms with Gasteiger partial charge in [0.05, 0.1) is 0 Å². The van der Waals surface area contributed by atoms with E-state index in [1.807, 2.05) is 0 Å². The van der Waals surface area contributed by atoms with Gasteiger partial charge >= 0.3 is 0 Å². The summed E-state index contributed by atoms with van der Waals surface area (Å²) in [6.07, 6.45) is 2.07. The Bertz CT molecular complexity index is 465. The smallest absolute Gasteiger partial charge is 0.252 e. The van der Waals surface area contributed by atoms with E-state index in [1.165, 1.54) is 15.6 Å². The van der Waals surface area contributed by atoms with Gasteiger partial charge in [0.2, 0.25) is 0 Å². The third kappa shape index (κ3) is 3.38. The number of aliphatic hydroxyl groups is 1. The van der Waals surface area contributed by atoms with Gasteiger partial charge in [-0.05, 0) is 12.1 Å². The van der Waals surface area contributed by atoms with Gasteiger partial charge in [-0.25, -0.2) is 8.42 Å². The normalized spacial score (nSPS) is 11.9. The van der Waals surface area contributed by atoms with Crippen LogP contribution in [0.3, 0.4) is 0 Å². The number of hydrogen-bond acceptors (Lipinski definition) is 4. The summed E-state index contributed by atoms with van der Waals surface area (Å²) < 4.78 is 26.1. The third-order valence-electron chi connectivity index (χ3n) is 2.27. The largest absolute Gasteiger partial charge is 0.396 e. The van der Waals surface area contributed by atoms with Gasteiger partial charge in [0, 0.05) is 31.0 Å². The lowest BCUT2D eigenvalue weighted by Crippen LogP contribution is -2.30. The van der Waals surface area contributed by atoms with Crippen molar-refractivity contribution in [2.24, 2.45) is 0 Å². The van der Waals surface area contributed by atoms with E-state index < -0.39 is 10.0 Å². The Morgan fingerprint density at radius 1 is 1.53 bits per heavy atom. The van der Waals surface area contributed by atoms with Gasteiger partial charge < -0.3 is 5.11 Å². The fraction of sp³-hybridized carbons (Fsp3) is 0.455. The number of hydrogen-bond donors (Lipinski definition) is 1. The lowest BCUT2D eigenvalue weighted by atomic mass is 10.4. The first-order valence-electron chi connectivity index (χ1n) is 5.36. The van der Waals surface area contributed by atoms with Crippen LogP contribution in [-0.4, -0.2) is 37.5 Å². The van der Waals surface area contributed by atoms with Crippen LogP contribution < -0.4 is 0 Å². The monoisotopic (exact) mass is 275 g/mol. The molecule has 0 unspecified atom stereocenters. The summed E-state index contributed by atoms with van der Waals surface area (Å²) in [7, 11) is -3.41. The molecule has 1 aromatic heterocycles. The van der Waals surface area contributed by atoms with E-state index in [1.54, 1.807) is 25.1 Å². The van der Waals surface area contributed by atoms with Crippen molar-refractivity contribution >= 4 is 21.4 Å². The molecule has 1 N–H and O–H groups in total. The predicted molar refractivity (Wildman–Crippen MR) is 69.7 cm³/mol. The first-order valence-corrected chi connectivity index (χ1v) is 7.62. The summed E-state index contributed by atoms with van der Waals surface area (Å²) in [5.74, 6) is 0. The maximum absolute atomic E-state index is 12.2. The molecule has 0 amide bonds. The van der Waals surface area contributed by atoms with Gasteiger partial charge in [-0.1, -0.05) is 13.0 Å². The van der Waals surface area contributed by atoms with Crippen LogP contribution in [0.2, 0.25) is 0 Å². The number of aliphatic hydroxyl groups excluding tert-OH is 1. The SMILES string of the molecule is C=CCN(CC)S(=O)(=O)c1ccc(CCO)s1. The number of sulfonamides is 1. The van der Waals surface area contributed by atoms with Crippen molar-refractivity contribution in [2.45, 2.75) is 17.6 Å². The third-order valence-corrected chi connectivity index (χ3v) is 5.83. The Kier molecular flexibility index (Phi) is 5.32. The molecule has 0 spiro atoms. The molecule has 0 aromatic carbocycles. The lowest BCUT2D eigenvalue weighted by molar-refractivity contribution is 0.300. The van der Waals surface area contributed by atoms with Crippen molar-refractivity contribution < 1.29 is 13.5 Å². The van der Waals surface area contributed by atoms with E-state index >= 15 is 0 Å². The maximum Gasteiger partial charge on any atom is 0.252 e. The fourth-order valence-electron chi connectivity index (χ4n) is 1.41. The molecular formula is C11H17NO3S2. The quantitative estimate of drug-likeness (QED) is 0.767. The zero-order chi connectivity index (χ0) is 12.9. The van der Waals surface area contributed by atoms with Crippen LogP contribution in [0.1, 0.15) is 11.8 Å². The second kappa shape index (κ2) is 6.30. The molecule has 0 aliphatic carbocycles. The number of nitrogens with zero attached hydrogens (tertiary/aromatic N) is 1. The van der Waals surface area contributed by atoms with E-state index in [-0.39, 0.29) is 6.61 Å². The van der Waals surface area contributed by atoms with Crippen LogP contribution in [0.25, 0.3) is 0 Å². The highest BCUT2D eigenvalue weighted by Gasteiger charge is 2.23.